The second-order valence-corrected chi connectivity index (χ2v) is 6.47. The fraction of sp³-hybridized carbons (Fsp3) is 0.182. The van der Waals surface area contributed by atoms with Gasteiger partial charge >= 0.3 is 0 Å². The van der Waals surface area contributed by atoms with E-state index in [2.05, 4.69) is 42.5 Å². The van der Waals surface area contributed by atoms with Crippen LogP contribution < -0.4 is 4.74 Å². The first-order chi connectivity index (χ1) is 12.2. The topological polar surface area (TPSA) is 49.7 Å². The summed E-state index contributed by atoms with van der Waals surface area (Å²) in [5, 5.41) is 19.8. The Labute approximate surface area is 147 Å². The van der Waals surface area contributed by atoms with Crippen molar-refractivity contribution in [1.29, 1.82) is 0 Å². The zero-order valence-corrected chi connectivity index (χ0v) is 13.9. The summed E-state index contributed by atoms with van der Waals surface area (Å²) in [5.41, 5.74) is 4.41. The number of fused-ring (bicyclic) bond motifs is 2. The van der Waals surface area contributed by atoms with Gasteiger partial charge in [0.15, 0.2) is 0 Å². The van der Waals surface area contributed by atoms with Gasteiger partial charge in [-0.15, -0.1) is 0 Å². The van der Waals surface area contributed by atoms with Gasteiger partial charge < -0.3 is 14.9 Å². The molecule has 1 aliphatic rings. The second-order valence-electron chi connectivity index (χ2n) is 6.47. The van der Waals surface area contributed by atoms with Crippen molar-refractivity contribution < 1.29 is 14.9 Å². The van der Waals surface area contributed by atoms with Crippen LogP contribution in [0.5, 0.6) is 23.0 Å². The Hall–Kier alpha value is -2.94. The van der Waals surface area contributed by atoms with Crippen LogP contribution in [0.25, 0.3) is 0 Å². The molecule has 3 nitrogen and oxygen atoms in total. The van der Waals surface area contributed by atoms with Gasteiger partial charge in [0.1, 0.15) is 23.0 Å². The number of hydrogen-bond acceptors (Lipinski definition) is 3. The van der Waals surface area contributed by atoms with Crippen molar-refractivity contribution in [1.82, 2.24) is 0 Å². The summed E-state index contributed by atoms with van der Waals surface area (Å²) in [6.07, 6.45) is 3.42. The lowest BCUT2D eigenvalue weighted by atomic mass is 10.00. The first-order valence-electron chi connectivity index (χ1n) is 8.57. The van der Waals surface area contributed by atoms with E-state index in [4.69, 9.17) is 4.74 Å². The lowest BCUT2D eigenvalue weighted by Crippen LogP contribution is -1.94. The molecule has 4 rings (SSSR count). The van der Waals surface area contributed by atoms with Crippen molar-refractivity contribution in [3.05, 3.63) is 82.9 Å². The van der Waals surface area contributed by atoms with Gasteiger partial charge in [0, 0.05) is 17.7 Å². The fourth-order valence-corrected chi connectivity index (χ4v) is 3.33. The van der Waals surface area contributed by atoms with E-state index in [0.29, 0.717) is 12.2 Å². The zero-order chi connectivity index (χ0) is 17.2. The zero-order valence-electron chi connectivity index (χ0n) is 13.9. The molecule has 0 spiro atoms. The number of phenolic OH excluding ortho intramolecular Hbond substituents is 2. The van der Waals surface area contributed by atoms with Crippen LogP contribution in [0.3, 0.4) is 0 Å². The van der Waals surface area contributed by atoms with Crippen molar-refractivity contribution in [2.45, 2.75) is 25.7 Å². The minimum atomic E-state index is 0.0138. The molecular weight excluding hydrogens is 312 g/mol. The quantitative estimate of drug-likeness (QED) is 0.726. The highest BCUT2D eigenvalue weighted by Crippen LogP contribution is 2.40. The van der Waals surface area contributed by atoms with E-state index in [1.807, 2.05) is 6.07 Å². The van der Waals surface area contributed by atoms with Crippen LogP contribution in [-0.4, -0.2) is 10.2 Å². The minimum Gasteiger partial charge on any atom is -0.508 e. The molecule has 1 heterocycles. The van der Waals surface area contributed by atoms with Crippen molar-refractivity contribution in [2.24, 2.45) is 0 Å². The predicted octanol–water partition coefficient (Wildman–Crippen LogP) is 4.77. The molecule has 2 N–H and O–H groups in total. The Morgan fingerprint density at radius 1 is 0.760 bits per heavy atom. The van der Waals surface area contributed by atoms with Gasteiger partial charge in [-0.25, -0.2) is 0 Å². The number of ether oxygens (including phenoxy) is 1. The first kappa shape index (κ1) is 15.6. The van der Waals surface area contributed by atoms with Gasteiger partial charge in [-0.1, -0.05) is 42.5 Å². The molecule has 0 saturated heterocycles. The molecule has 0 aliphatic carbocycles. The van der Waals surface area contributed by atoms with E-state index in [0.717, 1.165) is 36.1 Å². The number of phenols is 2. The molecule has 0 radical (unpaired) electrons. The maximum absolute atomic E-state index is 10.1. The van der Waals surface area contributed by atoms with E-state index < -0.39 is 0 Å². The molecule has 1 aliphatic heterocycles. The molecule has 0 fully saturated rings. The lowest BCUT2D eigenvalue weighted by molar-refractivity contribution is 0.427. The molecule has 0 atom stereocenters. The first-order valence-corrected chi connectivity index (χ1v) is 8.57. The van der Waals surface area contributed by atoms with Crippen molar-refractivity contribution >= 4 is 0 Å². The Kier molecular flexibility index (Phi) is 4.06. The fourth-order valence-electron chi connectivity index (χ4n) is 3.33. The van der Waals surface area contributed by atoms with Crippen LogP contribution in [0.4, 0.5) is 0 Å². The molecule has 0 unspecified atom stereocenters. The number of aryl methyl sites for hydroxylation is 3. The maximum Gasteiger partial charge on any atom is 0.138 e. The van der Waals surface area contributed by atoms with Crippen LogP contribution in [0.1, 0.15) is 22.3 Å². The van der Waals surface area contributed by atoms with Gasteiger partial charge in [-0.3, -0.25) is 0 Å². The van der Waals surface area contributed by atoms with Crippen LogP contribution in [0, 0.1) is 0 Å². The van der Waals surface area contributed by atoms with E-state index in [1.165, 1.54) is 17.2 Å². The molecule has 0 aromatic heterocycles. The molecule has 3 heteroatoms. The van der Waals surface area contributed by atoms with Crippen molar-refractivity contribution in [2.75, 3.05) is 0 Å². The number of rotatable bonds is 3. The standard InChI is InChI=1S/C22H20O3/c23-18-13-20(24)19-11-10-17-9-8-16(12-21(17)25-22(19)14-18)7-6-15-4-2-1-3-5-15/h1-5,8-9,12-14,23-24H,6-7,10-11H2. The van der Waals surface area contributed by atoms with Gasteiger partial charge in [0.2, 0.25) is 0 Å². The monoisotopic (exact) mass is 332 g/mol. The molecule has 126 valence electrons. The third-order valence-electron chi connectivity index (χ3n) is 4.71. The molecule has 0 amide bonds. The Morgan fingerprint density at radius 3 is 2.40 bits per heavy atom. The van der Waals surface area contributed by atoms with Crippen molar-refractivity contribution in [3.8, 4) is 23.0 Å². The average Bonchev–Trinajstić information content (AvgIpc) is 2.79. The number of hydrogen-bond donors (Lipinski definition) is 2. The summed E-state index contributed by atoms with van der Waals surface area (Å²) in [5.74, 6) is 1.46. The normalized spacial score (nSPS) is 12.6. The van der Waals surface area contributed by atoms with E-state index in [-0.39, 0.29) is 11.5 Å². The Balaban J connectivity index is 1.59. The third kappa shape index (κ3) is 3.31. The number of benzene rings is 3. The Bertz CT molecular complexity index is 901. The highest BCUT2D eigenvalue weighted by Gasteiger charge is 2.19. The summed E-state index contributed by atoms with van der Waals surface area (Å²) < 4.78 is 6.04. The molecule has 25 heavy (non-hydrogen) atoms. The minimum absolute atomic E-state index is 0.0138. The highest BCUT2D eigenvalue weighted by molar-refractivity contribution is 5.54. The van der Waals surface area contributed by atoms with Crippen LogP contribution >= 0.6 is 0 Å². The van der Waals surface area contributed by atoms with E-state index in [9.17, 15) is 10.2 Å². The van der Waals surface area contributed by atoms with Gasteiger partial charge in [-0.2, -0.15) is 0 Å². The average molecular weight is 332 g/mol. The summed E-state index contributed by atoms with van der Waals surface area (Å²) in [6.45, 7) is 0. The maximum atomic E-state index is 10.1. The molecule has 3 aromatic carbocycles. The van der Waals surface area contributed by atoms with Crippen molar-refractivity contribution in [3.63, 3.8) is 0 Å². The highest BCUT2D eigenvalue weighted by atomic mass is 16.5. The SMILES string of the molecule is Oc1cc(O)c2c(c1)Oc1cc(CCc3ccccc3)ccc1CC2. The smallest absolute Gasteiger partial charge is 0.138 e. The predicted molar refractivity (Wildman–Crippen MR) is 97.5 cm³/mol. The molecule has 0 saturated carbocycles. The van der Waals surface area contributed by atoms with Crippen LogP contribution in [0.2, 0.25) is 0 Å². The number of aromatic hydroxyl groups is 2. The molecular formula is C22H20O3. The van der Waals surface area contributed by atoms with E-state index in [1.54, 1.807) is 6.07 Å². The van der Waals surface area contributed by atoms with Gasteiger partial charge in [0.05, 0.1) is 0 Å². The van der Waals surface area contributed by atoms with Gasteiger partial charge in [0.25, 0.3) is 0 Å². The second kappa shape index (κ2) is 6.52. The van der Waals surface area contributed by atoms with Crippen LogP contribution in [0.15, 0.2) is 60.7 Å². The summed E-state index contributed by atoms with van der Waals surface area (Å²) in [6, 6.07) is 19.7. The van der Waals surface area contributed by atoms with Crippen LogP contribution in [-0.2, 0) is 25.7 Å². The molecule has 3 aromatic rings. The Morgan fingerprint density at radius 2 is 1.56 bits per heavy atom. The van der Waals surface area contributed by atoms with Gasteiger partial charge in [-0.05, 0) is 48.4 Å². The molecule has 0 bridgehead atoms. The third-order valence-corrected chi connectivity index (χ3v) is 4.71. The summed E-state index contributed by atoms with van der Waals surface area (Å²) >= 11 is 0. The van der Waals surface area contributed by atoms with E-state index >= 15 is 0 Å². The largest absolute Gasteiger partial charge is 0.508 e. The lowest BCUT2D eigenvalue weighted by Gasteiger charge is -2.12. The summed E-state index contributed by atoms with van der Waals surface area (Å²) in [7, 11) is 0. The summed E-state index contributed by atoms with van der Waals surface area (Å²) in [4.78, 5) is 0.